The summed E-state index contributed by atoms with van der Waals surface area (Å²) in [6, 6.07) is 5.73. The van der Waals surface area contributed by atoms with Gasteiger partial charge in [0.25, 0.3) is 5.91 Å². The molecule has 1 N–H and O–H groups in total. The van der Waals surface area contributed by atoms with Crippen LogP contribution in [0.3, 0.4) is 0 Å². The maximum atomic E-state index is 11.9. The number of nitrogens with one attached hydrogen (secondary N) is 1. The number of benzene rings is 1. The van der Waals surface area contributed by atoms with E-state index in [1.807, 2.05) is 25.1 Å². The van der Waals surface area contributed by atoms with Crippen LogP contribution >= 0.6 is 11.3 Å². The first-order valence-corrected chi connectivity index (χ1v) is 7.43. The number of hydrogen-bond donors (Lipinski definition) is 1. The topological polar surface area (TPSA) is 60.5 Å². The van der Waals surface area contributed by atoms with Crippen molar-refractivity contribution in [1.29, 1.82) is 0 Å². The molecule has 6 heteroatoms. The lowest BCUT2D eigenvalue weighted by atomic mass is 10.1. The van der Waals surface area contributed by atoms with Gasteiger partial charge in [0, 0.05) is 11.9 Å². The third-order valence-electron chi connectivity index (χ3n) is 3.00. The van der Waals surface area contributed by atoms with Gasteiger partial charge in [-0.3, -0.25) is 4.79 Å². The number of methoxy groups -OCH3 is 2. The zero-order chi connectivity index (χ0) is 15.2. The quantitative estimate of drug-likeness (QED) is 0.890. The highest BCUT2D eigenvalue weighted by molar-refractivity contribution is 7.09. The molecule has 2 aromatic rings. The Labute approximate surface area is 127 Å². The molecule has 0 unspecified atom stereocenters. The van der Waals surface area contributed by atoms with Crippen LogP contribution in [-0.2, 0) is 6.42 Å². The van der Waals surface area contributed by atoms with Crippen LogP contribution in [0.15, 0.2) is 23.6 Å². The van der Waals surface area contributed by atoms with Crippen molar-refractivity contribution >= 4 is 17.2 Å². The minimum atomic E-state index is -0.139. The number of thiazole rings is 1. The van der Waals surface area contributed by atoms with Crippen molar-refractivity contribution in [3.05, 3.63) is 39.8 Å². The van der Waals surface area contributed by atoms with Crippen molar-refractivity contribution in [1.82, 2.24) is 10.3 Å². The molecule has 0 aliphatic rings. The van der Waals surface area contributed by atoms with Gasteiger partial charge in [-0.05, 0) is 31.0 Å². The zero-order valence-electron chi connectivity index (χ0n) is 12.3. The molecule has 1 aromatic carbocycles. The third-order valence-corrected chi connectivity index (χ3v) is 3.77. The average Bonchev–Trinajstić information content (AvgIpc) is 2.93. The molecule has 1 amide bonds. The Balaban J connectivity index is 1.90. The first kappa shape index (κ1) is 15.3. The Morgan fingerprint density at radius 3 is 2.67 bits per heavy atom. The van der Waals surface area contributed by atoms with Crippen LogP contribution < -0.4 is 14.8 Å². The number of carbonyl (C=O) groups excluding carboxylic acids is 1. The van der Waals surface area contributed by atoms with Crippen LogP contribution in [0.5, 0.6) is 11.5 Å². The summed E-state index contributed by atoms with van der Waals surface area (Å²) >= 11 is 1.47. The van der Waals surface area contributed by atoms with E-state index in [-0.39, 0.29) is 5.91 Å². The monoisotopic (exact) mass is 306 g/mol. The van der Waals surface area contributed by atoms with E-state index in [1.165, 1.54) is 11.3 Å². The lowest BCUT2D eigenvalue weighted by molar-refractivity contribution is 0.0949. The highest BCUT2D eigenvalue weighted by atomic mass is 32.1. The summed E-state index contributed by atoms with van der Waals surface area (Å²) in [6.45, 7) is 2.43. The highest BCUT2D eigenvalue weighted by Gasteiger charge is 2.09. The van der Waals surface area contributed by atoms with Gasteiger partial charge in [0.15, 0.2) is 11.5 Å². The number of nitrogens with zero attached hydrogens (tertiary/aromatic N) is 1. The first-order chi connectivity index (χ1) is 10.1. The predicted octanol–water partition coefficient (Wildman–Crippen LogP) is 2.44. The molecule has 21 heavy (non-hydrogen) atoms. The molecule has 0 aliphatic heterocycles. The van der Waals surface area contributed by atoms with Crippen molar-refractivity contribution in [2.45, 2.75) is 13.3 Å². The normalized spacial score (nSPS) is 10.2. The summed E-state index contributed by atoms with van der Waals surface area (Å²) in [4.78, 5) is 16.0. The van der Waals surface area contributed by atoms with Crippen molar-refractivity contribution in [2.75, 3.05) is 20.8 Å². The fraction of sp³-hybridized carbons (Fsp3) is 0.333. The van der Waals surface area contributed by atoms with Gasteiger partial charge in [-0.15, -0.1) is 11.3 Å². The summed E-state index contributed by atoms with van der Waals surface area (Å²) in [6.07, 6.45) is 0.717. The Bertz CT molecular complexity index is 625. The van der Waals surface area contributed by atoms with Crippen LogP contribution in [0.4, 0.5) is 0 Å². The lowest BCUT2D eigenvalue weighted by Gasteiger charge is -2.09. The fourth-order valence-electron chi connectivity index (χ4n) is 1.91. The average molecular weight is 306 g/mol. The van der Waals surface area contributed by atoms with Gasteiger partial charge in [0.1, 0.15) is 5.69 Å². The predicted molar refractivity (Wildman–Crippen MR) is 82.4 cm³/mol. The molecule has 0 saturated heterocycles. The van der Waals surface area contributed by atoms with Gasteiger partial charge < -0.3 is 14.8 Å². The summed E-state index contributed by atoms with van der Waals surface area (Å²) in [5, 5.41) is 5.51. The molecule has 2 rings (SSSR count). The van der Waals surface area contributed by atoms with Gasteiger partial charge in [0.05, 0.1) is 19.2 Å². The van der Waals surface area contributed by atoms with Crippen LogP contribution in [0.25, 0.3) is 0 Å². The molecule has 0 atom stereocenters. The molecule has 0 saturated carbocycles. The largest absolute Gasteiger partial charge is 0.493 e. The number of carbonyl (C=O) groups is 1. The van der Waals surface area contributed by atoms with Crippen LogP contribution in [0.1, 0.15) is 21.1 Å². The number of aromatic nitrogens is 1. The second kappa shape index (κ2) is 7.08. The Morgan fingerprint density at radius 2 is 2.05 bits per heavy atom. The summed E-state index contributed by atoms with van der Waals surface area (Å²) in [7, 11) is 3.21. The number of ether oxygens (including phenoxy) is 2. The summed E-state index contributed by atoms with van der Waals surface area (Å²) < 4.78 is 10.4. The van der Waals surface area contributed by atoms with E-state index >= 15 is 0 Å². The maximum Gasteiger partial charge on any atom is 0.270 e. The van der Waals surface area contributed by atoms with E-state index in [9.17, 15) is 4.79 Å². The number of amides is 1. The third kappa shape index (κ3) is 3.95. The van der Waals surface area contributed by atoms with Gasteiger partial charge in [-0.25, -0.2) is 4.98 Å². The van der Waals surface area contributed by atoms with Crippen LogP contribution in [0.2, 0.25) is 0 Å². The summed E-state index contributed by atoms with van der Waals surface area (Å²) in [5.74, 6) is 1.25. The lowest BCUT2D eigenvalue weighted by Crippen LogP contribution is -2.26. The second-order valence-electron chi connectivity index (χ2n) is 4.45. The van der Waals surface area contributed by atoms with E-state index < -0.39 is 0 Å². The van der Waals surface area contributed by atoms with E-state index in [0.717, 1.165) is 17.0 Å². The fourth-order valence-corrected chi connectivity index (χ4v) is 2.51. The van der Waals surface area contributed by atoms with Crippen molar-refractivity contribution < 1.29 is 14.3 Å². The summed E-state index contributed by atoms with van der Waals surface area (Å²) in [5.41, 5.74) is 1.55. The van der Waals surface area contributed by atoms with Gasteiger partial charge in [0.2, 0.25) is 0 Å². The Kier molecular flexibility index (Phi) is 5.16. The minimum Gasteiger partial charge on any atom is -0.493 e. The van der Waals surface area contributed by atoms with Crippen molar-refractivity contribution in [2.24, 2.45) is 0 Å². The smallest absolute Gasteiger partial charge is 0.270 e. The molecule has 0 radical (unpaired) electrons. The number of aryl methyl sites for hydroxylation is 1. The Morgan fingerprint density at radius 1 is 1.29 bits per heavy atom. The molecule has 0 spiro atoms. The molecule has 0 aliphatic carbocycles. The van der Waals surface area contributed by atoms with Crippen LogP contribution in [-0.4, -0.2) is 31.7 Å². The molecular weight excluding hydrogens is 288 g/mol. The highest BCUT2D eigenvalue weighted by Crippen LogP contribution is 2.27. The molecule has 0 fully saturated rings. The van der Waals surface area contributed by atoms with Crippen LogP contribution in [0, 0.1) is 6.92 Å². The zero-order valence-corrected chi connectivity index (χ0v) is 13.1. The van der Waals surface area contributed by atoms with E-state index in [4.69, 9.17) is 9.47 Å². The van der Waals surface area contributed by atoms with E-state index in [1.54, 1.807) is 19.6 Å². The second-order valence-corrected chi connectivity index (χ2v) is 5.51. The maximum absolute atomic E-state index is 11.9. The van der Waals surface area contributed by atoms with Crippen molar-refractivity contribution in [3.8, 4) is 11.5 Å². The number of hydrogen-bond acceptors (Lipinski definition) is 5. The standard InChI is InChI=1S/C15H18N2O3S/c1-10-17-12(9-21-10)15(18)16-7-6-11-4-5-13(19-2)14(8-11)20-3/h4-5,8-9H,6-7H2,1-3H3,(H,16,18). The Hall–Kier alpha value is -2.08. The van der Waals surface area contributed by atoms with Gasteiger partial charge in [-0.1, -0.05) is 6.07 Å². The van der Waals surface area contributed by atoms with Gasteiger partial charge in [-0.2, -0.15) is 0 Å². The van der Waals surface area contributed by atoms with E-state index in [2.05, 4.69) is 10.3 Å². The molecule has 5 nitrogen and oxygen atoms in total. The first-order valence-electron chi connectivity index (χ1n) is 6.55. The molecule has 1 heterocycles. The molecule has 0 bridgehead atoms. The van der Waals surface area contributed by atoms with Gasteiger partial charge >= 0.3 is 0 Å². The minimum absolute atomic E-state index is 0.139. The van der Waals surface area contributed by atoms with Crippen molar-refractivity contribution in [3.63, 3.8) is 0 Å². The SMILES string of the molecule is COc1ccc(CCNC(=O)c2csc(C)n2)cc1OC. The molecule has 112 valence electrons. The van der Waals surface area contributed by atoms with E-state index in [0.29, 0.717) is 23.7 Å². The molecule has 1 aromatic heterocycles. The molecular formula is C15H18N2O3S. The number of rotatable bonds is 6.